The number of ether oxygens (including phenoxy) is 1. The fraction of sp³-hybridized carbons (Fsp3) is 0.733. The Labute approximate surface area is 223 Å². The zero-order valence-corrected chi connectivity index (χ0v) is 23.4. The first kappa shape index (κ1) is 27.4. The molecule has 5 rings (SSSR count). The highest BCUT2D eigenvalue weighted by atomic mass is 16.6. The normalized spacial score (nSPS) is 44.9. The first-order valence-electron chi connectivity index (χ1n) is 13.7. The summed E-state index contributed by atoms with van der Waals surface area (Å²) in [7, 11) is 0. The van der Waals surface area contributed by atoms with Gasteiger partial charge in [-0.2, -0.15) is 0 Å². The number of carbonyl (C=O) groups is 4. The number of epoxide rings is 1. The Kier molecular flexibility index (Phi) is 5.58. The van der Waals surface area contributed by atoms with E-state index in [1.165, 1.54) is 19.9 Å². The number of ketones is 3. The molecule has 8 heteroatoms. The van der Waals surface area contributed by atoms with E-state index in [1.807, 2.05) is 20.8 Å². The zero-order valence-electron chi connectivity index (χ0n) is 23.4. The van der Waals surface area contributed by atoms with Crippen LogP contribution in [0.3, 0.4) is 0 Å². The van der Waals surface area contributed by atoms with Gasteiger partial charge in [0.1, 0.15) is 17.2 Å². The van der Waals surface area contributed by atoms with Crippen molar-refractivity contribution in [1.82, 2.24) is 0 Å². The molecule has 38 heavy (non-hydrogen) atoms. The molecule has 0 aromatic carbocycles. The molecule has 0 aromatic heterocycles. The van der Waals surface area contributed by atoms with Crippen molar-refractivity contribution in [3.8, 4) is 0 Å². The van der Waals surface area contributed by atoms with E-state index in [1.54, 1.807) is 13.0 Å². The minimum absolute atomic E-state index is 0.00758. The van der Waals surface area contributed by atoms with Gasteiger partial charge in [0.25, 0.3) is 0 Å². The molecule has 0 amide bonds. The largest absolute Gasteiger partial charge is 0.481 e. The Hall–Kier alpha value is -2.16. The van der Waals surface area contributed by atoms with Gasteiger partial charge < -0.3 is 20.1 Å². The third-order valence-corrected chi connectivity index (χ3v) is 11.5. The highest BCUT2D eigenvalue weighted by molar-refractivity contribution is 6.02. The van der Waals surface area contributed by atoms with E-state index in [-0.39, 0.29) is 42.0 Å². The van der Waals surface area contributed by atoms with Gasteiger partial charge in [-0.25, -0.2) is 0 Å². The Bertz CT molecular complexity index is 1220. The van der Waals surface area contributed by atoms with Crippen molar-refractivity contribution in [3.05, 3.63) is 23.3 Å². The van der Waals surface area contributed by atoms with Crippen LogP contribution in [-0.4, -0.2) is 62.0 Å². The smallest absolute Gasteiger partial charge is 0.306 e. The summed E-state index contributed by atoms with van der Waals surface area (Å²) in [6.45, 7) is 12.5. The van der Waals surface area contributed by atoms with Gasteiger partial charge in [-0.15, -0.1) is 0 Å². The van der Waals surface area contributed by atoms with Crippen LogP contribution in [0.1, 0.15) is 80.6 Å². The van der Waals surface area contributed by atoms with Crippen LogP contribution in [0, 0.1) is 33.5 Å². The first-order chi connectivity index (χ1) is 17.3. The fourth-order valence-electron chi connectivity index (χ4n) is 9.05. The second kappa shape index (κ2) is 7.73. The molecule has 0 unspecified atom stereocenters. The van der Waals surface area contributed by atoms with Crippen molar-refractivity contribution in [1.29, 1.82) is 0 Å². The number of hydrogen-bond donors (Lipinski definition) is 3. The highest BCUT2D eigenvalue weighted by Crippen LogP contribution is 2.78. The van der Waals surface area contributed by atoms with Gasteiger partial charge >= 0.3 is 5.97 Å². The van der Waals surface area contributed by atoms with Crippen LogP contribution in [0.2, 0.25) is 0 Å². The molecular formula is C30H40O8. The second-order valence-corrected chi connectivity index (χ2v) is 13.9. The lowest BCUT2D eigenvalue weighted by molar-refractivity contribution is -0.147. The quantitative estimate of drug-likeness (QED) is 0.353. The molecule has 2 saturated carbocycles. The minimum atomic E-state index is -1.77. The first-order valence-corrected chi connectivity index (χ1v) is 13.7. The molecular weight excluding hydrogens is 488 g/mol. The van der Waals surface area contributed by atoms with Gasteiger partial charge in [0.05, 0.1) is 29.1 Å². The lowest BCUT2D eigenvalue weighted by atomic mass is 9.40. The summed E-state index contributed by atoms with van der Waals surface area (Å²) >= 11 is 0. The Morgan fingerprint density at radius 1 is 1.18 bits per heavy atom. The van der Waals surface area contributed by atoms with Crippen molar-refractivity contribution < 1.29 is 39.2 Å². The van der Waals surface area contributed by atoms with Crippen LogP contribution in [-0.2, 0) is 23.9 Å². The number of allylic oxidation sites excluding steroid dienone is 1. The molecule has 1 heterocycles. The van der Waals surface area contributed by atoms with Crippen LogP contribution in [0.5, 0.6) is 0 Å². The average molecular weight is 529 g/mol. The molecule has 3 fully saturated rings. The van der Waals surface area contributed by atoms with Gasteiger partial charge in [0.15, 0.2) is 5.78 Å². The van der Waals surface area contributed by atoms with Gasteiger partial charge in [0, 0.05) is 30.1 Å². The van der Waals surface area contributed by atoms with Gasteiger partial charge in [-0.05, 0) is 55.2 Å². The Morgan fingerprint density at radius 2 is 1.82 bits per heavy atom. The van der Waals surface area contributed by atoms with E-state index in [4.69, 9.17) is 4.74 Å². The van der Waals surface area contributed by atoms with Crippen molar-refractivity contribution in [2.45, 2.75) is 104 Å². The number of rotatable bonds is 6. The molecule has 5 aliphatic rings. The summed E-state index contributed by atoms with van der Waals surface area (Å²) in [6.07, 6.45) is 2.80. The van der Waals surface area contributed by atoms with Gasteiger partial charge in [0.2, 0.25) is 0 Å². The van der Waals surface area contributed by atoms with Crippen LogP contribution >= 0.6 is 0 Å². The number of Topliss-reactive ketones (excluding diaryl/α,β-unsaturated/α-hetero) is 2. The lowest BCUT2D eigenvalue weighted by Gasteiger charge is -2.60. The fourth-order valence-corrected chi connectivity index (χ4v) is 9.05. The van der Waals surface area contributed by atoms with Crippen molar-refractivity contribution in [3.63, 3.8) is 0 Å². The van der Waals surface area contributed by atoms with Crippen molar-refractivity contribution in [2.75, 3.05) is 0 Å². The summed E-state index contributed by atoms with van der Waals surface area (Å²) in [4.78, 5) is 51.1. The maximum Gasteiger partial charge on any atom is 0.306 e. The van der Waals surface area contributed by atoms with Gasteiger partial charge in [-0.1, -0.05) is 40.7 Å². The van der Waals surface area contributed by atoms with E-state index in [0.717, 1.165) is 5.57 Å². The topological polar surface area (TPSA) is 141 Å². The van der Waals surface area contributed by atoms with E-state index in [0.29, 0.717) is 19.3 Å². The summed E-state index contributed by atoms with van der Waals surface area (Å²) in [5.74, 6) is -2.48. The van der Waals surface area contributed by atoms with E-state index < -0.39 is 56.6 Å². The number of carbonyl (C=O) groups excluding carboxylic acids is 3. The highest BCUT2D eigenvalue weighted by Gasteiger charge is 2.85. The van der Waals surface area contributed by atoms with Crippen LogP contribution in [0.25, 0.3) is 0 Å². The number of aliphatic carboxylic acids is 1. The third kappa shape index (κ3) is 3.02. The maximum atomic E-state index is 14.2. The lowest BCUT2D eigenvalue weighted by Crippen LogP contribution is -2.66. The predicted molar refractivity (Wildman–Crippen MR) is 137 cm³/mol. The molecule has 1 spiro atoms. The molecule has 0 bridgehead atoms. The standard InChI is InChI=1S/C30H40O8/c1-15(24(35)36)10-16(31)14-27(5,37)19-12-22(34)29(7)28(19,6)21(33)11-18-26(4)9-8-20(32)25(2,3)17(26)13-23-30(18,29)38-23/h11-12,15,17,22-23,34,37H,8-10,13-14H2,1-7H3,(H,35,36)/t15-,17-,22-,23-,26-,27-,28-,29+,30+/m0/s1. The number of carboxylic acid groups (broad SMARTS) is 1. The molecule has 4 aliphatic carbocycles. The third-order valence-electron chi connectivity index (χ3n) is 11.5. The number of fused-ring (bicyclic) bond motifs is 3. The molecule has 3 N–H and O–H groups in total. The number of aliphatic hydroxyl groups is 2. The molecule has 208 valence electrons. The van der Waals surface area contributed by atoms with Gasteiger partial charge in [-0.3, -0.25) is 19.2 Å². The SMILES string of the molecule is C[C@@H](CC(=O)C[C@](C)(O)C1=C[C@H](O)[C@]2(C)[C@]1(C)C(=O)C=C1[C@]23O[C@H]3C[C@H]2C(C)(C)C(=O)CC[C@]12C)C(=O)O. The summed E-state index contributed by atoms with van der Waals surface area (Å²) < 4.78 is 6.54. The van der Waals surface area contributed by atoms with Crippen LogP contribution in [0.4, 0.5) is 0 Å². The van der Waals surface area contributed by atoms with E-state index in [9.17, 15) is 34.5 Å². The molecule has 9 atom stereocenters. The van der Waals surface area contributed by atoms with E-state index in [2.05, 4.69) is 6.92 Å². The Balaban J connectivity index is 1.57. The maximum absolute atomic E-state index is 14.2. The monoisotopic (exact) mass is 528 g/mol. The number of hydrogen-bond acceptors (Lipinski definition) is 7. The van der Waals surface area contributed by atoms with Crippen molar-refractivity contribution in [2.24, 2.45) is 33.5 Å². The molecule has 0 radical (unpaired) electrons. The Morgan fingerprint density at radius 3 is 2.42 bits per heavy atom. The summed E-state index contributed by atoms with van der Waals surface area (Å²) in [5.41, 5.74) is -5.09. The molecule has 0 aromatic rings. The average Bonchev–Trinajstić information content (AvgIpc) is 3.48. The number of carboxylic acids is 1. The zero-order chi connectivity index (χ0) is 28.4. The molecule has 1 aliphatic heterocycles. The van der Waals surface area contributed by atoms with E-state index >= 15 is 0 Å². The predicted octanol–water partition coefficient (Wildman–Crippen LogP) is 3.18. The molecule has 1 saturated heterocycles. The molecule has 8 nitrogen and oxygen atoms in total. The van der Waals surface area contributed by atoms with Crippen molar-refractivity contribution >= 4 is 23.3 Å². The second-order valence-electron chi connectivity index (χ2n) is 13.9. The van der Waals surface area contributed by atoms with Crippen LogP contribution < -0.4 is 0 Å². The number of aliphatic hydroxyl groups excluding tert-OH is 1. The van der Waals surface area contributed by atoms with Crippen LogP contribution in [0.15, 0.2) is 23.3 Å². The summed E-state index contributed by atoms with van der Waals surface area (Å²) in [6, 6.07) is 0. The summed E-state index contributed by atoms with van der Waals surface area (Å²) in [5, 5.41) is 32.5. The minimum Gasteiger partial charge on any atom is -0.481 e.